The van der Waals surface area contributed by atoms with Crippen molar-refractivity contribution < 1.29 is 22.4 Å². The van der Waals surface area contributed by atoms with Gasteiger partial charge in [0.1, 0.15) is 5.82 Å². The Balaban J connectivity index is 1.86. The molecule has 0 spiro atoms. The average Bonchev–Trinajstić information content (AvgIpc) is 2.72. The molecule has 3 rings (SSSR count). The third-order valence-corrected chi connectivity index (χ3v) is 4.72. The van der Waals surface area contributed by atoms with Crippen LogP contribution in [0, 0.1) is 5.82 Å². The molecule has 0 aliphatic heterocycles. The Bertz CT molecular complexity index is 988. The SMILES string of the molecule is CC(c1ccccc1)N(Cc1ccc(C(F)(F)F)cc1)C(=O)Nc1cccc(F)c1. The number of carbonyl (C=O) groups excluding carboxylic acids is 1. The highest BCUT2D eigenvalue weighted by Gasteiger charge is 2.30. The minimum absolute atomic E-state index is 0.0787. The van der Waals surface area contributed by atoms with Crippen molar-refractivity contribution in [1.82, 2.24) is 4.90 Å². The maximum absolute atomic E-state index is 13.5. The van der Waals surface area contributed by atoms with Gasteiger partial charge in [-0.1, -0.05) is 48.5 Å². The van der Waals surface area contributed by atoms with E-state index in [0.29, 0.717) is 5.56 Å². The molecule has 0 saturated heterocycles. The molecule has 0 aliphatic carbocycles. The fourth-order valence-corrected chi connectivity index (χ4v) is 3.05. The highest BCUT2D eigenvalue weighted by Crippen LogP contribution is 2.30. The van der Waals surface area contributed by atoms with Gasteiger partial charge in [-0.05, 0) is 48.4 Å². The van der Waals surface area contributed by atoms with Crippen LogP contribution in [0.3, 0.4) is 0 Å². The van der Waals surface area contributed by atoms with Gasteiger partial charge in [-0.15, -0.1) is 0 Å². The number of nitrogens with one attached hydrogen (secondary N) is 1. The van der Waals surface area contributed by atoms with Crippen molar-refractivity contribution in [2.75, 3.05) is 5.32 Å². The molecule has 156 valence electrons. The van der Waals surface area contributed by atoms with Gasteiger partial charge < -0.3 is 10.2 Å². The van der Waals surface area contributed by atoms with E-state index in [1.165, 1.54) is 35.2 Å². The zero-order valence-electron chi connectivity index (χ0n) is 16.2. The predicted molar refractivity (Wildman–Crippen MR) is 107 cm³/mol. The first kappa shape index (κ1) is 21.4. The van der Waals surface area contributed by atoms with Gasteiger partial charge in [0.15, 0.2) is 0 Å². The lowest BCUT2D eigenvalue weighted by atomic mass is 10.1. The van der Waals surface area contributed by atoms with Crippen LogP contribution in [0.5, 0.6) is 0 Å². The molecule has 0 radical (unpaired) electrons. The van der Waals surface area contributed by atoms with Crippen LogP contribution in [0.2, 0.25) is 0 Å². The second kappa shape index (κ2) is 8.98. The van der Waals surface area contributed by atoms with Crippen molar-refractivity contribution in [1.29, 1.82) is 0 Å². The maximum Gasteiger partial charge on any atom is 0.416 e. The Kier molecular flexibility index (Phi) is 6.40. The summed E-state index contributed by atoms with van der Waals surface area (Å²) in [5.41, 5.74) is 0.940. The van der Waals surface area contributed by atoms with Gasteiger partial charge in [0.25, 0.3) is 0 Å². The maximum atomic E-state index is 13.5. The van der Waals surface area contributed by atoms with Crippen molar-refractivity contribution in [3.05, 3.63) is 101 Å². The van der Waals surface area contributed by atoms with Crippen LogP contribution in [-0.2, 0) is 12.7 Å². The van der Waals surface area contributed by atoms with Crippen molar-refractivity contribution in [2.45, 2.75) is 25.7 Å². The number of halogens is 4. The predicted octanol–water partition coefficient (Wildman–Crippen LogP) is 6.64. The van der Waals surface area contributed by atoms with Crippen LogP contribution < -0.4 is 5.32 Å². The summed E-state index contributed by atoms with van der Waals surface area (Å²) in [6.07, 6.45) is -4.43. The fraction of sp³-hybridized carbons (Fsp3) is 0.174. The van der Waals surface area contributed by atoms with Crippen molar-refractivity contribution in [2.24, 2.45) is 0 Å². The summed E-state index contributed by atoms with van der Waals surface area (Å²) in [7, 11) is 0. The van der Waals surface area contributed by atoms with Crippen LogP contribution >= 0.6 is 0 Å². The molecular weight excluding hydrogens is 396 g/mol. The number of hydrogen-bond donors (Lipinski definition) is 1. The zero-order chi connectivity index (χ0) is 21.7. The Morgan fingerprint density at radius 1 is 0.967 bits per heavy atom. The normalized spacial score (nSPS) is 12.3. The molecule has 0 aromatic heterocycles. The molecule has 1 atom stereocenters. The van der Waals surface area contributed by atoms with Crippen LogP contribution in [0.1, 0.15) is 29.7 Å². The standard InChI is InChI=1S/C23H20F4N2O/c1-16(18-6-3-2-4-7-18)29(22(30)28-21-9-5-8-20(24)14-21)15-17-10-12-19(13-11-17)23(25,26)27/h2-14,16H,15H2,1H3,(H,28,30). The summed E-state index contributed by atoms with van der Waals surface area (Å²) >= 11 is 0. The number of hydrogen-bond acceptors (Lipinski definition) is 1. The number of alkyl halides is 3. The van der Waals surface area contributed by atoms with Crippen LogP contribution in [0.4, 0.5) is 28.0 Å². The first-order chi connectivity index (χ1) is 14.2. The Hall–Kier alpha value is -3.35. The zero-order valence-corrected chi connectivity index (χ0v) is 16.2. The largest absolute Gasteiger partial charge is 0.416 e. The molecule has 0 aliphatic rings. The van der Waals surface area contributed by atoms with Gasteiger partial charge in [-0.25, -0.2) is 9.18 Å². The van der Waals surface area contributed by atoms with E-state index in [1.54, 1.807) is 6.07 Å². The fourth-order valence-electron chi connectivity index (χ4n) is 3.05. The number of carbonyl (C=O) groups is 1. The molecule has 2 amide bonds. The molecule has 7 heteroatoms. The summed E-state index contributed by atoms with van der Waals surface area (Å²) in [5, 5.41) is 2.66. The summed E-state index contributed by atoms with van der Waals surface area (Å²) in [6, 6.07) is 18.6. The molecule has 0 bridgehead atoms. The lowest BCUT2D eigenvalue weighted by Crippen LogP contribution is -2.36. The van der Waals surface area contributed by atoms with Gasteiger partial charge in [0.05, 0.1) is 11.6 Å². The van der Waals surface area contributed by atoms with Gasteiger partial charge in [0, 0.05) is 12.2 Å². The molecule has 3 aromatic carbocycles. The van der Waals surface area contributed by atoms with Crippen molar-refractivity contribution in [3.8, 4) is 0 Å². The number of rotatable bonds is 5. The minimum atomic E-state index is -4.43. The topological polar surface area (TPSA) is 32.3 Å². The molecular formula is C23H20F4N2O. The van der Waals surface area contributed by atoms with Crippen molar-refractivity contribution in [3.63, 3.8) is 0 Å². The molecule has 1 unspecified atom stereocenters. The van der Waals surface area contributed by atoms with E-state index in [9.17, 15) is 22.4 Å². The summed E-state index contributed by atoms with van der Waals surface area (Å²) in [6.45, 7) is 1.90. The monoisotopic (exact) mass is 416 g/mol. The number of amides is 2. The van der Waals surface area contributed by atoms with Gasteiger partial charge in [-0.3, -0.25) is 0 Å². The molecule has 1 N–H and O–H groups in total. The van der Waals surface area contributed by atoms with E-state index in [1.807, 2.05) is 37.3 Å². The number of benzene rings is 3. The van der Waals surface area contributed by atoms with E-state index >= 15 is 0 Å². The van der Waals surface area contributed by atoms with E-state index < -0.39 is 23.6 Å². The Morgan fingerprint density at radius 2 is 1.63 bits per heavy atom. The highest BCUT2D eigenvalue weighted by molar-refractivity contribution is 5.89. The van der Waals surface area contributed by atoms with Crippen molar-refractivity contribution >= 4 is 11.7 Å². The lowest BCUT2D eigenvalue weighted by molar-refractivity contribution is -0.137. The van der Waals surface area contributed by atoms with Crippen LogP contribution in [0.25, 0.3) is 0 Å². The Morgan fingerprint density at radius 3 is 2.23 bits per heavy atom. The molecule has 0 fully saturated rings. The molecule has 3 aromatic rings. The highest BCUT2D eigenvalue weighted by atomic mass is 19.4. The van der Waals surface area contributed by atoms with E-state index in [-0.39, 0.29) is 18.3 Å². The van der Waals surface area contributed by atoms with E-state index in [4.69, 9.17) is 0 Å². The summed E-state index contributed by atoms with van der Waals surface area (Å²) in [5.74, 6) is -0.488. The van der Waals surface area contributed by atoms with Crippen LogP contribution in [0.15, 0.2) is 78.9 Å². The number of urea groups is 1. The van der Waals surface area contributed by atoms with Gasteiger partial charge in [-0.2, -0.15) is 13.2 Å². The second-order valence-corrected chi connectivity index (χ2v) is 6.85. The number of nitrogens with zero attached hydrogens (tertiary/aromatic N) is 1. The molecule has 0 heterocycles. The quantitative estimate of drug-likeness (QED) is 0.465. The van der Waals surface area contributed by atoms with Gasteiger partial charge >= 0.3 is 12.2 Å². The van der Waals surface area contributed by atoms with Crippen LogP contribution in [-0.4, -0.2) is 10.9 Å². The third-order valence-electron chi connectivity index (χ3n) is 4.72. The third kappa shape index (κ3) is 5.37. The number of anilines is 1. The average molecular weight is 416 g/mol. The first-order valence-electron chi connectivity index (χ1n) is 9.28. The second-order valence-electron chi connectivity index (χ2n) is 6.85. The van der Waals surface area contributed by atoms with E-state index in [2.05, 4.69) is 5.32 Å². The minimum Gasteiger partial charge on any atom is -0.313 e. The molecule has 30 heavy (non-hydrogen) atoms. The Labute approximate surface area is 172 Å². The van der Waals surface area contributed by atoms with Gasteiger partial charge in [0.2, 0.25) is 0 Å². The summed E-state index contributed by atoms with van der Waals surface area (Å²) in [4.78, 5) is 14.5. The molecule has 3 nitrogen and oxygen atoms in total. The first-order valence-corrected chi connectivity index (χ1v) is 9.28. The lowest BCUT2D eigenvalue weighted by Gasteiger charge is -2.30. The molecule has 0 saturated carbocycles. The summed E-state index contributed by atoms with van der Waals surface area (Å²) < 4.78 is 52.0. The van der Waals surface area contributed by atoms with E-state index in [0.717, 1.165) is 17.7 Å². The smallest absolute Gasteiger partial charge is 0.313 e.